The van der Waals surface area contributed by atoms with E-state index in [0.717, 1.165) is 22.4 Å². The molecule has 0 unspecified atom stereocenters. The van der Waals surface area contributed by atoms with Crippen LogP contribution in [-0.4, -0.2) is 28.1 Å². The van der Waals surface area contributed by atoms with E-state index in [1.165, 1.54) is 7.11 Å². The zero-order valence-electron chi connectivity index (χ0n) is 17.2. The molecule has 2 aromatic heterocycles. The highest BCUT2D eigenvalue weighted by Crippen LogP contribution is 2.27. The number of hydrogen-bond donors (Lipinski definition) is 2. The SMILES string of the molecule is COc1c(C)cccc1C(=O)NC(=S)Nc1ccc(-c2nc3ncccc3o2)cc1C. The summed E-state index contributed by atoms with van der Waals surface area (Å²) in [5, 5.41) is 5.95. The van der Waals surface area contributed by atoms with Gasteiger partial charge in [0, 0.05) is 17.4 Å². The Labute approximate surface area is 184 Å². The molecular weight excluding hydrogens is 412 g/mol. The van der Waals surface area contributed by atoms with Gasteiger partial charge in [-0.2, -0.15) is 4.98 Å². The molecule has 4 aromatic rings. The smallest absolute Gasteiger partial charge is 0.261 e. The van der Waals surface area contributed by atoms with Gasteiger partial charge in [0.05, 0.1) is 12.7 Å². The van der Waals surface area contributed by atoms with Gasteiger partial charge < -0.3 is 14.5 Å². The van der Waals surface area contributed by atoms with Crippen LogP contribution in [0.4, 0.5) is 5.69 Å². The first-order valence-electron chi connectivity index (χ1n) is 9.55. The number of aryl methyl sites for hydroxylation is 2. The number of fused-ring (bicyclic) bond motifs is 1. The zero-order chi connectivity index (χ0) is 22.0. The van der Waals surface area contributed by atoms with E-state index < -0.39 is 0 Å². The quantitative estimate of drug-likeness (QED) is 0.454. The summed E-state index contributed by atoms with van der Waals surface area (Å²) in [6, 6.07) is 14.7. The van der Waals surface area contributed by atoms with Gasteiger partial charge in [0.2, 0.25) is 5.89 Å². The van der Waals surface area contributed by atoms with Crippen molar-refractivity contribution in [3.05, 3.63) is 71.4 Å². The molecule has 8 heteroatoms. The van der Waals surface area contributed by atoms with Crippen LogP contribution in [0, 0.1) is 13.8 Å². The number of nitrogens with one attached hydrogen (secondary N) is 2. The van der Waals surface area contributed by atoms with Crippen LogP contribution >= 0.6 is 12.2 Å². The van der Waals surface area contributed by atoms with Crippen LogP contribution in [0.3, 0.4) is 0 Å². The number of benzene rings is 2. The van der Waals surface area contributed by atoms with E-state index >= 15 is 0 Å². The Morgan fingerprint density at radius 1 is 1.10 bits per heavy atom. The third kappa shape index (κ3) is 4.24. The molecule has 0 aliphatic heterocycles. The molecule has 1 amide bonds. The summed E-state index contributed by atoms with van der Waals surface area (Å²) in [7, 11) is 1.54. The molecule has 7 nitrogen and oxygen atoms in total. The second-order valence-electron chi connectivity index (χ2n) is 6.94. The van der Waals surface area contributed by atoms with Gasteiger partial charge in [0.25, 0.3) is 5.91 Å². The molecule has 0 radical (unpaired) electrons. The summed E-state index contributed by atoms with van der Waals surface area (Å²) in [5.41, 5.74) is 4.98. The largest absolute Gasteiger partial charge is 0.496 e. The second kappa shape index (κ2) is 8.53. The number of pyridine rings is 1. The molecule has 0 spiro atoms. The lowest BCUT2D eigenvalue weighted by molar-refractivity contribution is 0.0974. The molecule has 2 aromatic carbocycles. The number of rotatable bonds is 4. The van der Waals surface area contributed by atoms with E-state index in [2.05, 4.69) is 20.6 Å². The Morgan fingerprint density at radius 3 is 2.68 bits per heavy atom. The first-order chi connectivity index (χ1) is 15.0. The summed E-state index contributed by atoms with van der Waals surface area (Å²) in [6.07, 6.45) is 1.68. The number of carbonyl (C=O) groups is 1. The summed E-state index contributed by atoms with van der Waals surface area (Å²) in [5.74, 6) is 0.674. The number of para-hydroxylation sites is 1. The van der Waals surface area contributed by atoms with Crippen LogP contribution in [0.2, 0.25) is 0 Å². The van der Waals surface area contributed by atoms with Crippen LogP contribution in [0.25, 0.3) is 22.7 Å². The summed E-state index contributed by atoms with van der Waals surface area (Å²) in [6.45, 7) is 3.81. The normalized spacial score (nSPS) is 10.7. The molecule has 4 rings (SSSR count). The van der Waals surface area contributed by atoms with E-state index in [1.807, 2.05) is 44.2 Å². The number of nitrogens with zero attached hydrogens (tertiary/aromatic N) is 2. The fourth-order valence-corrected chi connectivity index (χ4v) is 3.46. The minimum atomic E-state index is -0.341. The van der Waals surface area contributed by atoms with Gasteiger partial charge in [-0.15, -0.1) is 0 Å². The Kier molecular flexibility index (Phi) is 5.64. The number of thiocarbonyl (C=S) groups is 1. The lowest BCUT2D eigenvalue weighted by atomic mass is 10.1. The Balaban J connectivity index is 1.49. The fourth-order valence-electron chi connectivity index (χ4n) is 3.26. The number of oxazole rings is 1. The Hall–Kier alpha value is -3.78. The molecule has 31 heavy (non-hydrogen) atoms. The maximum absolute atomic E-state index is 12.6. The minimum Gasteiger partial charge on any atom is -0.496 e. The predicted molar refractivity (Wildman–Crippen MR) is 123 cm³/mol. The Bertz CT molecular complexity index is 1270. The second-order valence-corrected chi connectivity index (χ2v) is 7.35. The van der Waals surface area contributed by atoms with Crippen molar-refractivity contribution in [2.45, 2.75) is 13.8 Å². The highest BCUT2D eigenvalue weighted by Gasteiger charge is 2.16. The number of carbonyl (C=O) groups excluding carboxylic acids is 1. The van der Waals surface area contributed by atoms with Crippen LogP contribution in [-0.2, 0) is 0 Å². The number of anilines is 1. The highest BCUT2D eigenvalue weighted by molar-refractivity contribution is 7.80. The van der Waals surface area contributed by atoms with Gasteiger partial charge in [-0.3, -0.25) is 10.1 Å². The number of hydrogen-bond acceptors (Lipinski definition) is 6. The van der Waals surface area contributed by atoms with E-state index in [9.17, 15) is 4.79 Å². The average Bonchev–Trinajstić information content (AvgIpc) is 3.19. The molecule has 2 N–H and O–H groups in total. The van der Waals surface area contributed by atoms with Gasteiger partial charge in [-0.05, 0) is 73.6 Å². The zero-order valence-corrected chi connectivity index (χ0v) is 18.0. The number of ether oxygens (including phenoxy) is 1. The molecule has 2 heterocycles. The van der Waals surface area contributed by atoms with Gasteiger partial charge in [-0.1, -0.05) is 12.1 Å². The molecule has 0 atom stereocenters. The first-order valence-corrected chi connectivity index (χ1v) is 9.95. The van der Waals surface area contributed by atoms with Gasteiger partial charge in [0.1, 0.15) is 5.75 Å². The monoisotopic (exact) mass is 432 g/mol. The number of methoxy groups -OCH3 is 1. The molecule has 0 saturated carbocycles. The summed E-state index contributed by atoms with van der Waals surface area (Å²) < 4.78 is 11.1. The third-order valence-electron chi connectivity index (χ3n) is 4.77. The van der Waals surface area contributed by atoms with Gasteiger partial charge in [-0.25, -0.2) is 4.98 Å². The maximum Gasteiger partial charge on any atom is 0.261 e. The van der Waals surface area contributed by atoms with Crippen molar-refractivity contribution in [3.8, 4) is 17.2 Å². The number of amides is 1. The molecular formula is C23H20N4O3S. The standard InChI is InChI=1S/C23H20N4O3S/c1-13-6-4-7-16(19(13)29-3)21(28)27-23(31)25-17-10-9-15(12-14(17)2)22-26-20-18(30-22)8-5-11-24-20/h4-12H,1-3H3,(H2,25,27,28,31). The van der Waals surface area contributed by atoms with Crippen LogP contribution in [0.15, 0.2) is 59.1 Å². The van der Waals surface area contributed by atoms with Crippen molar-refractivity contribution >= 4 is 40.2 Å². The summed E-state index contributed by atoms with van der Waals surface area (Å²) in [4.78, 5) is 21.3. The van der Waals surface area contributed by atoms with Gasteiger partial charge >= 0.3 is 0 Å². The van der Waals surface area contributed by atoms with Crippen LogP contribution in [0.5, 0.6) is 5.75 Å². The molecule has 0 bridgehead atoms. The van der Waals surface area contributed by atoms with E-state index in [4.69, 9.17) is 21.4 Å². The van der Waals surface area contributed by atoms with Gasteiger partial charge in [0.15, 0.2) is 16.3 Å². The minimum absolute atomic E-state index is 0.190. The number of aromatic nitrogens is 2. The predicted octanol–water partition coefficient (Wildman–Crippen LogP) is 4.64. The van der Waals surface area contributed by atoms with Crippen molar-refractivity contribution in [2.24, 2.45) is 0 Å². The third-order valence-corrected chi connectivity index (χ3v) is 4.98. The van der Waals surface area contributed by atoms with Crippen molar-refractivity contribution in [2.75, 3.05) is 12.4 Å². The van der Waals surface area contributed by atoms with E-state index in [1.54, 1.807) is 24.4 Å². The van der Waals surface area contributed by atoms with Crippen molar-refractivity contribution in [1.82, 2.24) is 15.3 Å². The molecule has 0 saturated heterocycles. The summed E-state index contributed by atoms with van der Waals surface area (Å²) >= 11 is 5.33. The maximum atomic E-state index is 12.6. The molecule has 0 aliphatic rings. The van der Waals surface area contributed by atoms with Crippen molar-refractivity contribution in [1.29, 1.82) is 0 Å². The van der Waals surface area contributed by atoms with Crippen molar-refractivity contribution < 1.29 is 13.9 Å². The lowest BCUT2D eigenvalue weighted by Crippen LogP contribution is -2.34. The van der Waals surface area contributed by atoms with Crippen LogP contribution in [0.1, 0.15) is 21.5 Å². The van der Waals surface area contributed by atoms with Crippen molar-refractivity contribution in [3.63, 3.8) is 0 Å². The average molecular weight is 433 g/mol. The van der Waals surface area contributed by atoms with Crippen LogP contribution < -0.4 is 15.4 Å². The fraction of sp³-hybridized carbons (Fsp3) is 0.130. The molecule has 156 valence electrons. The first kappa shape index (κ1) is 20.5. The lowest BCUT2D eigenvalue weighted by Gasteiger charge is -2.14. The highest BCUT2D eigenvalue weighted by atomic mass is 32.1. The Morgan fingerprint density at radius 2 is 1.94 bits per heavy atom. The topological polar surface area (TPSA) is 89.3 Å². The van der Waals surface area contributed by atoms with E-state index in [-0.39, 0.29) is 11.0 Å². The van der Waals surface area contributed by atoms with E-state index in [0.29, 0.717) is 28.4 Å². The molecule has 0 fully saturated rings. The molecule has 0 aliphatic carbocycles.